The number of carbonyl (C=O) groups is 1. The highest BCUT2D eigenvalue weighted by Gasteiger charge is 2.34. The second kappa shape index (κ2) is 6.26. The summed E-state index contributed by atoms with van der Waals surface area (Å²) < 4.78 is 5.38. The minimum Gasteiger partial charge on any atom is -0.361 e. The van der Waals surface area contributed by atoms with Crippen LogP contribution in [0.2, 0.25) is 0 Å². The number of carbonyl (C=O) groups excluding carboxylic acids is 1. The van der Waals surface area contributed by atoms with Gasteiger partial charge in [-0.05, 0) is 38.3 Å². The summed E-state index contributed by atoms with van der Waals surface area (Å²) in [5, 5.41) is 4.15. The fourth-order valence-corrected chi connectivity index (χ4v) is 3.31. The van der Waals surface area contributed by atoms with Crippen LogP contribution in [0.3, 0.4) is 0 Å². The van der Waals surface area contributed by atoms with Crippen molar-refractivity contribution >= 4 is 5.91 Å². The van der Waals surface area contributed by atoms with Crippen LogP contribution in [0.25, 0.3) is 0 Å². The molecule has 0 spiro atoms. The fourth-order valence-electron chi connectivity index (χ4n) is 3.31. The van der Waals surface area contributed by atoms with Crippen LogP contribution in [-0.2, 0) is 0 Å². The molecular weight excluding hydrogens is 306 g/mol. The average molecular weight is 329 g/mol. The smallest absolute Gasteiger partial charge is 0.261 e. The molecule has 1 saturated heterocycles. The quantitative estimate of drug-likeness (QED) is 0.938. The second-order valence-electron chi connectivity index (χ2n) is 6.80. The maximum atomic E-state index is 13.0. The van der Waals surface area contributed by atoms with Gasteiger partial charge in [-0.3, -0.25) is 9.59 Å². The van der Waals surface area contributed by atoms with Gasteiger partial charge in [0.05, 0.1) is 6.04 Å². The van der Waals surface area contributed by atoms with Gasteiger partial charge in [-0.25, -0.2) is 0 Å². The first kappa shape index (κ1) is 16.5. The second-order valence-corrected chi connectivity index (χ2v) is 6.80. The van der Waals surface area contributed by atoms with Crippen LogP contribution < -0.4 is 5.56 Å². The van der Waals surface area contributed by atoms with E-state index < -0.39 is 0 Å². The Bertz CT molecular complexity index is 819. The zero-order valence-electron chi connectivity index (χ0n) is 14.5. The highest BCUT2D eigenvalue weighted by atomic mass is 16.5. The largest absolute Gasteiger partial charge is 0.361 e. The molecule has 128 valence electrons. The Morgan fingerprint density at radius 2 is 2.12 bits per heavy atom. The zero-order valence-corrected chi connectivity index (χ0v) is 14.5. The van der Waals surface area contributed by atoms with Gasteiger partial charge in [0.25, 0.3) is 11.5 Å². The Kier molecular flexibility index (Phi) is 4.30. The predicted molar refractivity (Wildman–Crippen MR) is 90.1 cm³/mol. The molecule has 0 aliphatic carbocycles. The molecule has 1 N–H and O–H groups in total. The monoisotopic (exact) mass is 329 g/mol. The van der Waals surface area contributed by atoms with E-state index in [0.717, 1.165) is 30.0 Å². The Hall–Kier alpha value is -2.37. The number of nitrogens with zero attached hydrogens (tertiary/aromatic N) is 2. The topological polar surface area (TPSA) is 79.2 Å². The van der Waals surface area contributed by atoms with Gasteiger partial charge >= 0.3 is 0 Å². The summed E-state index contributed by atoms with van der Waals surface area (Å²) in [5.41, 5.74) is 2.12. The van der Waals surface area contributed by atoms with Crippen LogP contribution in [-0.4, -0.2) is 27.5 Å². The SMILES string of the molecule is Cc1cc(C)c(C(=O)N2CCC[C@@H]2c2cc(C(C)C)on2)c(=O)[nH]1. The van der Waals surface area contributed by atoms with E-state index >= 15 is 0 Å². The van der Waals surface area contributed by atoms with Gasteiger partial charge in [0.2, 0.25) is 0 Å². The molecule has 24 heavy (non-hydrogen) atoms. The number of aryl methyl sites for hydroxylation is 2. The number of hydrogen-bond acceptors (Lipinski definition) is 4. The molecule has 2 aromatic rings. The van der Waals surface area contributed by atoms with Crippen molar-refractivity contribution in [3.05, 3.63) is 50.8 Å². The van der Waals surface area contributed by atoms with Gasteiger partial charge in [-0.15, -0.1) is 0 Å². The molecule has 3 heterocycles. The van der Waals surface area contributed by atoms with Crippen LogP contribution in [0.5, 0.6) is 0 Å². The minimum absolute atomic E-state index is 0.131. The third-order valence-corrected chi connectivity index (χ3v) is 4.55. The summed E-state index contributed by atoms with van der Waals surface area (Å²) in [6, 6.07) is 3.62. The van der Waals surface area contributed by atoms with E-state index in [1.165, 1.54) is 0 Å². The minimum atomic E-state index is -0.328. The van der Waals surface area contributed by atoms with Crippen molar-refractivity contribution in [3.8, 4) is 0 Å². The molecule has 6 nitrogen and oxygen atoms in total. The molecule has 1 aliphatic rings. The summed E-state index contributed by atoms with van der Waals surface area (Å²) >= 11 is 0. The van der Waals surface area contributed by atoms with Crippen molar-refractivity contribution in [2.75, 3.05) is 6.54 Å². The Balaban J connectivity index is 1.93. The third-order valence-electron chi connectivity index (χ3n) is 4.55. The van der Waals surface area contributed by atoms with Crippen molar-refractivity contribution < 1.29 is 9.32 Å². The maximum absolute atomic E-state index is 13.0. The number of rotatable bonds is 3. The first-order chi connectivity index (χ1) is 11.4. The lowest BCUT2D eigenvalue weighted by atomic mass is 10.1. The average Bonchev–Trinajstić information content (AvgIpc) is 3.15. The van der Waals surface area contributed by atoms with Crippen LogP contribution in [0.15, 0.2) is 21.5 Å². The molecule has 1 atom stereocenters. The lowest BCUT2D eigenvalue weighted by Crippen LogP contribution is -2.35. The molecule has 0 aromatic carbocycles. The highest BCUT2D eigenvalue weighted by Crippen LogP contribution is 2.33. The van der Waals surface area contributed by atoms with E-state index in [-0.39, 0.29) is 29.0 Å². The number of hydrogen-bond donors (Lipinski definition) is 1. The van der Waals surface area contributed by atoms with Crippen molar-refractivity contribution in [1.82, 2.24) is 15.0 Å². The van der Waals surface area contributed by atoms with E-state index in [2.05, 4.69) is 10.1 Å². The number of likely N-dealkylation sites (tertiary alicyclic amines) is 1. The first-order valence-corrected chi connectivity index (χ1v) is 8.36. The number of nitrogens with one attached hydrogen (secondary N) is 1. The van der Waals surface area contributed by atoms with Gasteiger partial charge < -0.3 is 14.4 Å². The standard InChI is InChI=1S/C18H23N3O3/c1-10(2)15-9-13(20-24-15)14-6-5-7-21(14)18(23)16-11(3)8-12(4)19-17(16)22/h8-10,14H,5-7H2,1-4H3,(H,19,22)/t14-/m1/s1. The normalized spacial score (nSPS) is 17.7. The number of pyridine rings is 1. The summed E-state index contributed by atoms with van der Waals surface area (Å²) in [6.45, 7) is 8.31. The molecule has 0 unspecified atom stereocenters. The van der Waals surface area contributed by atoms with E-state index in [1.807, 2.05) is 32.9 Å². The molecule has 0 bridgehead atoms. The molecule has 6 heteroatoms. The molecule has 1 amide bonds. The van der Waals surface area contributed by atoms with E-state index in [1.54, 1.807) is 11.8 Å². The van der Waals surface area contributed by atoms with Gasteiger partial charge in [0.1, 0.15) is 17.0 Å². The van der Waals surface area contributed by atoms with Crippen molar-refractivity contribution in [1.29, 1.82) is 0 Å². The van der Waals surface area contributed by atoms with Gasteiger partial charge in [0, 0.05) is 24.2 Å². The van der Waals surface area contributed by atoms with E-state index in [4.69, 9.17) is 4.52 Å². The summed E-state index contributed by atoms with van der Waals surface area (Å²) in [5.74, 6) is 0.831. The van der Waals surface area contributed by atoms with Crippen LogP contribution in [0.4, 0.5) is 0 Å². The Morgan fingerprint density at radius 1 is 1.38 bits per heavy atom. The first-order valence-electron chi connectivity index (χ1n) is 8.36. The third kappa shape index (κ3) is 2.88. The van der Waals surface area contributed by atoms with Crippen LogP contribution in [0.1, 0.15) is 71.7 Å². The molecule has 0 saturated carbocycles. The number of amides is 1. The van der Waals surface area contributed by atoms with Gasteiger partial charge in [-0.2, -0.15) is 0 Å². The Labute approximate surface area is 140 Å². The van der Waals surface area contributed by atoms with E-state index in [0.29, 0.717) is 12.1 Å². The maximum Gasteiger partial charge on any atom is 0.261 e. The van der Waals surface area contributed by atoms with E-state index in [9.17, 15) is 9.59 Å². The molecule has 3 rings (SSSR count). The molecule has 1 aliphatic heterocycles. The van der Waals surface area contributed by atoms with Gasteiger partial charge in [0.15, 0.2) is 0 Å². The summed E-state index contributed by atoms with van der Waals surface area (Å²) in [6.07, 6.45) is 1.72. The van der Waals surface area contributed by atoms with Crippen molar-refractivity contribution in [2.45, 2.75) is 52.5 Å². The lowest BCUT2D eigenvalue weighted by Gasteiger charge is -2.23. The Morgan fingerprint density at radius 3 is 2.75 bits per heavy atom. The zero-order chi connectivity index (χ0) is 17.4. The highest BCUT2D eigenvalue weighted by molar-refractivity contribution is 5.95. The van der Waals surface area contributed by atoms with Gasteiger partial charge in [-0.1, -0.05) is 19.0 Å². The summed E-state index contributed by atoms with van der Waals surface area (Å²) in [7, 11) is 0. The predicted octanol–water partition coefficient (Wildman–Crippen LogP) is 3.08. The molecule has 0 radical (unpaired) electrons. The molecule has 2 aromatic heterocycles. The fraction of sp³-hybridized carbons (Fsp3) is 0.500. The van der Waals surface area contributed by atoms with Crippen LogP contribution >= 0.6 is 0 Å². The van der Waals surface area contributed by atoms with Crippen molar-refractivity contribution in [2.24, 2.45) is 0 Å². The summed E-state index contributed by atoms with van der Waals surface area (Å²) in [4.78, 5) is 29.7. The van der Waals surface area contributed by atoms with Crippen molar-refractivity contribution in [3.63, 3.8) is 0 Å². The lowest BCUT2D eigenvalue weighted by molar-refractivity contribution is 0.0728. The molecule has 1 fully saturated rings. The van der Waals surface area contributed by atoms with Crippen LogP contribution in [0, 0.1) is 13.8 Å². The number of aromatic nitrogens is 2. The number of H-pyrrole nitrogens is 1. The number of aromatic amines is 1. The molecular formula is C18H23N3O3.